The molecule has 1 aliphatic carbocycles. The molecule has 0 radical (unpaired) electrons. The highest BCUT2D eigenvalue weighted by Crippen LogP contribution is 2.28. The van der Waals surface area contributed by atoms with Crippen LogP contribution in [0.15, 0.2) is 18.3 Å². The fourth-order valence-corrected chi connectivity index (χ4v) is 2.12. The SMILES string of the molecule is N#Cc1ccc(N[C@H]2CC[C@@H](C(=O)O)C2)cn1. The van der Waals surface area contributed by atoms with Gasteiger partial charge in [0.25, 0.3) is 0 Å². The van der Waals surface area contributed by atoms with E-state index in [1.165, 1.54) is 0 Å². The Morgan fingerprint density at radius 3 is 2.88 bits per heavy atom. The van der Waals surface area contributed by atoms with Crippen molar-refractivity contribution >= 4 is 11.7 Å². The quantitative estimate of drug-likeness (QED) is 0.825. The smallest absolute Gasteiger partial charge is 0.306 e. The van der Waals surface area contributed by atoms with E-state index in [-0.39, 0.29) is 12.0 Å². The van der Waals surface area contributed by atoms with Crippen LogP contribution in [0.2, 0.25) is 0 Å². The molecule has 0 bridgehead atoms. The Morgan fingerprint density at radius 1 is 1.53 bits per heavy atom. The van der Waals surface area contributed by atoms with E-state index in [4.69, 9.17) is 10.4 Å². The first kappa shape index (κ1) is 11.4. The first-order valence-corrected chi connectivity index (χ1v) is 5.54. The maximum absolute atomic E-state index is 10.8. The lowest BCUT2D eigenvalue weighted by Crippen LogP contribution is -2.17. The standard InChI is InChI=1S/C12H13N3O2/c13-6-10-3-4-11(7-14-10)15-9-2-1-8(5-9)12(16)17/h3-4,7-9,15H,1-2,5H2,(H,16,17)/t8-,9+/m1/s1. The zero-order valence-corrected chi connectivity index (χ0v) is 9.26. The summed E-state index contributed by atoms with van der Waals surface area (Å²) in [5.41, 5.74) is 1.21. The molecule has 1 aliphatic rings. The van der Waals surface area contributed by atoms with Gasteiger partial charge in [0.1, 0.15) is 11.8 Å². The highest BCUT2D eigenvalue weighted by molar-refractivity contribution is 5.70. The summed E-state index contributed by atoms with van der Waals surface area (Å²) in [5, 5.41) is 20.7. The molecule has 1 fully saturated rings. The van der Waals surface area contributed by atoms with Crippen molar-refractivity contribution in [3.05, 3.63) is 24.0 Å². The normalized spacial score (nSPS) is 23.0. The number of pyridine rings is 1. The Morgan fingerprint density at radius 2 is 2.35 bits per heavy atom. The summed E-state index contributed by atoms with van der Waals surface area (Å²) >= 11 is 0. The monoisotopic (exact) mass is 231 g/mol. The minimum atomic E-state index is -0.716. The van der Waals surface area contributed by atoms with Crippen molar-refractivity contribution in [3.8, 4) is 6.07 Å². The summed E-state index contributed by atoms with van der Waals surface area (Å²) < 4.78 is 0. The molecule has 0 saturated heterocycles. The average molecular weight is 231 g/mol. The van der Waals surface area contributed by atoms with E-state index in [2.05, 4.69) is 10.3 Å². The van der Waals surface area contributed by atoms with Gasteiger partial charge < -0.3 is 10.4 Å². The van der Waals surface area contributed by atoms with Gasteiger partial charge in [0.05, 0.1) is 17.8 Å². The molecule has 5 heteroatoms. The molecule has 0 unspecified atom stereocenters. The van der Waals surface area contributed by atoms with E-state index >= 15 is 0 Å². The van der Waals surface area contributed by atoms with Crippen molar-refractivity contribution in [3.63, 3.8) is 0 Å². The minimum absolute atomic E-state index is 0.186. The van der Waals surface area contributed by atoms with E-state index in [0.717, 1.165) is 18.5 Å². The van der Waals surface area contributed by atoms with Gasteiger partial charge in [-0.1, -0.05) is 0 Å². The summed E-state index contributed by atoms with van der Waals surface area (Å²) in [7, 11) is 0. The van der Waals surface area contributed by atoms with Crippen molar-refractivity contribution in [2.75, 3.05) is 5.32 Å². The summed E-state index contributed by atoms with van der Waals surface area (Å²) in [6.45, 7) is 0. The summed E-state index contributed by atoms with van der Waals surface area (Å²) in [5.74, 6) is -0.953. The lowest BCUT2D eigenvalue weighted by Gasteiger charge is -2.13. The van der Waals surface area contributed by atoms with Crippen molar-refractivity contribution in [1.29, 1.82) is 5.26 Å². The highest BCUT2D eigenvalue weighted by atomic mass is 16.4. The Labute approximate surface area is 99.1 Å². The molecule has 2 rings (SSSR count). The molecule has 5 nitrogen and oxygen atoms in total. The summed E-state index contributed by atoms with van der Waals surface area (Å²) in [6.07, 6.45) is 3.83. The molecule has 1 aromatic heterocycles. The Hall–Kier alpha value is -2.09. The van der Waals surface area contributed by atoms with Gasteiger partial charge in [0, 0.05) is 6.04 Å². The molecule has 0 aromatic carbocycles. The molecule has 0 amide bonds. The molecule has 0 spiro atoms. The van der Waals surface area contributed by atoms with Crippen molar-refractivity contribution in [2.24, 2.45) is 5.92 Å². The van der Waals surface area contributed by atoms with E-state index in [1.54, 1.807) is 18.3 Å². The number of nitrogens with zero attached hydrogens (tertiary/aromatic N) is 2. The van der Waals surface area contributed by atoms with Gasteiger partial charge in [0.15, 0.2) is 0 Å². The van der Waals surface area contributed by atoms with Gasteiger partial charge in [-0.2, -0.15) is 5.26 Å². The van der Waals surface area contributed by atoms with Crippen molar-refractivity contribution in [1.82, 2.24) is 4.98 Å². The lowest BCUT2D eigenvalue weighted by molar-refractivity contribution is -0.141. The predicted octanol–water partition coefficient (Wildman–Crippen LogP) is 1.62. The molecule has 2 N–H and O–H groups in total. The Kier molecular flexibility index (Phi) is 3.24. The zero-order chi connectivity index (χ0) is 12.3. The van der Waals surface area contributed by atoms with Gasteiger partial charge in [-0.3, -0.25) is 4.79 Å². The fraction of sp³-hybridized carbons (Fsp3) is 0.417. The van der Waals surface area contributed by atoms with Crippen LogP contribution in [0.5, 0.6) is 0 Å². The summed E-state index contributed by atoms with van der Waals surface area (Å²) in [4.78, 5) is 14.8. The number of aromatic nitrogens is 1. The largest absolute Gasteiger partial charge is 0.481 e. The Balaban J connectivity index is 1.94. The molecule has 1 heterocycles. The van der Waals surface area contributed by atoms with Gasteiger partial charge in [-0.15, -0.1) is 0 Å². The van der Waals surface area contributed by atoms with Crippen LogP contribution in [0.25, 0.3) is 0 Å². The fourth-order valence-electron chi connectivity index (χ4n) is 2.12. The number of carboxylic acids is 1. The second kappa shape index (κ2) is 4.83. The van der Waals surface area contributed by atoms with Crippen LogP contribution in [0.4, 0.5) is 5.69 Å². The number of anilines is 1. The predicted molar refractivity (Wildman–Crippen MR) is 61.3 cm³/mol. The van der Waals surface area contributed by atoms with Crippen LogP contribution in [-0.2, 0) is 4.79 Å². The molecule has 1 aromatic rings. The first-order chi connectivity index (χ1) is 8.19. The number of nitrogens with one attached hydrogen (secondary N) is 1. The third kappa shape index (κ3) is 2.72. The van der Waals surface area contributed by atoms with Crippen LogP contribution in [0.1, 0.15) is 25.0 Å². The number of hydrogen-bond acceptors (Lipinski definition) is 4. The van der Waals surface area contributed by atoms with Crippen LogP contribution >= 0.6 is 0 Å². The minimum Gasteiger partial charge on any atom is -0.481 e. The molecule has 1 saturated carbocycles. The highest BCUT2D eigenvalue weighted by Gasteiger charge is 2.29. The second-order valence-corrected chi connectivity index (χ2v) is 4.23. The van der Waals surface area contributed by atoms with Crippen LogP contribution in [0, 0.1) is 17.2 Å². The second-order valence-electron chi connectivity index (χ2n) is 4.23. The van der Waals surface area contributed by atoms with Gasteiger partial charge in [-0.25, -0.2) is 4.98 Å². The van der Waals surface area contributed by atoms with E-state index in [0.29, 0.717) is 12.1 Å². The maximum Gasteiger partial charge on any atom is 0.306 e. The third-order valence-corrected chi connectivity index (χ3v) is 3.03. The summed E-state index contributed by atoms with van der Waals surface area (Å²) in [6, 6.07) is 5.58. The maximum atomic E-state index is 10.8. The molecular formula is C12H13N3O2. The molecular weight excluding hydrogens is 218 g/mol. The van der Waals surface area contributed by atoms with E-state index in [9.17, 15) is 4.79 Å². The van der Waals surface area contributed by atoms with Gasteiger partial charge in [0.2, 0.25) is 0 Å². The average Bonchev–Trinajstić information content (AvgIpc) is 2.79. The van der Waals surface area contributed by atoms with Crippen LogP contribution in [-0.4, -0.2) is 22.1 Å². The zero-order valence-electron chi connectivity index (χ0n) is 9.26. The molecule has 88 valence electrons. The van der Waals surface area contributed by atoms with Crippen molar-refractivity contribution in [2.45, 2.75) is 25.3 Å². The lowest BCUT2D eigenvalue weighted by atomic mass is 10.1. The first-order valence-electron chi connectivity index (χ1n) is 5.54. The third-order valence-electron chi connectivity index (χ3n) is 3.03. The molecule has 2 atom stereocenters. The molecule has 0 aliphatic heterocycles. The number of rotatable bonds is 3. The van der Waals surface area contributed by atoms with Crippen molar-refractivity contribution < 1.29 is 9.90 Å². The number of carboxylic acid groups (broad SMARTS) is 1. The molecule has 17 heavy (non-hydrogen) atoms. The van der Waals surface area contributed by atoms with Crippen LogP contribution in [0.3, 0.4) is 0 Å². The Bertz CT molecular complexity index is 450. The number of aliphatic carboxylic acids is 1. The topological polar surface area (TPSA) is 86.0 Å². The number of nitriles is 1. The van der Waals surface area contributed by atoms with Crippen LogP contribution < -0.4 is 5.32 Å². The van der Waals surface area contributed by atoms with E-state index < -0.39 is 5.97 Å². The van der Waals surface area contributed by atoms with Gasteiger partial charge >= 0.3 is 5.97 Å². The van der Waals surface area contributed by atoms with Gasteiger partial charge in [-0.05, 0) is 31.4 Å². The number of carbonyl (C=O) groups is 1. The number of hydrogen-bond donors (Lipinski definition) is 2. The van der Waals surface area contributed by atoms with E-state index in [1.807, 2.05) is 6.07 Å².